The van der Waals surface area contributed by atoms with Crippen LogP contribution in [0.3, 0.4) is 0 Å². The molecule has 0 aromatic heterocycles. The number of halogens is 1. The van der Waals surface area contributed by atoms with Crippen molar-refractivity contribution in [2.24, 2.45) is 0 Å². The SMILES string of the molecule is C/C=C(/C)CCBr. The minimum Gasteiger partial charge on any atom is -0.0925 e. The van der Waals surface area contributed by atoms with E-state index in [2.05, 4.69) is 35.9 Å². The maximum atomic E-state index is 3.35. The van der Waals surface area contributed by atoms with Crippen LogP contribution >= 0.6 is 15.9 Å². The molecule has 0 saturated carbocycles. The van der Waals surface area contributed by atoms with Crippen LogP contribution in [0, 0.1) is 0 Å². The van der Waals surface area contributed by atoms with Crippen molar-refractivity contribution in [3.8, 4) is 0 Å². The van der Waals surface area contributed by atoms with Crippen molar-refractivity contribution >= 4 is 15.9 Å². The molecule has 0 spiro atoms. The molecule has 0 unspecified atom stereocenters. The third-order valence-corrected chi connectivity index (χ3v) is 1.38. The van der Waals surface area contributed by atoms with Crippen molar-refractivity contribution in [1.29, 1.82) is 0 Å². The van der Waals surface area contributed by atoms with E-state index in [4.69, 9.17) is 0 Å². The van der Waals surface area contributed by atoms with Gasteiger partial charge in [-0.3, -0.25) is 0 Å². The Labute approximate surface area is 53.7 Å². The Bertz CT molecular complexity index is 64.6. The fraction of sp³-hybridized carbons (Fsp3) is 0.667. The molecular formula is C6H11Br. The topological polar surface area (TPSA) is 0 Å². The molecule has 0 saturated heterocycles. The molecule has 0 amide bonds. The van der Waals surface area contributed by atoms with Crippen LogP contribution in [0.25, 0.3) is 0 Å². The van der Waals surface area contributed by atoms with E-state index < -0.39 is 0 Å². The van der Waals surface area contributed by atoms with Gasteiger partial charge in [0.05, 0.1) is 0 Å². The zero-order chi connectivity index (χ0) is 5.70. The summed E-state index contributed by atoms with van der Waals surface area (Å²) in [6.45, 7) is 4.21. The zero-order valence-corrected chi connectivity index (χ0v) is 6.46. The predicted octanol–water partition coefficient (Wildman–Crippen LogP) is 2.74. The van der Waals surface area contributed by atoms with E-state index >= 15 is 0 Å². The summed E-state index contributed by atoms with van der Waals surface area (Å²) in [5.41, 5.74) is 1.46. The second-order valence-corrected chi connectivity index (χ2v) is 2.37. The summed E-state index contributed by atoms with van der Waals surface area (Å²) in [6.07, 6.45) is 3.32. The molecule has 0 bridgehead atoms. The maximum Gasteiger partial charge on any atom is 0.00684 e. The van der Waals surface area contributed by atoms with Crippen LogP contribution in [0.4, 0.5) is 0 Å². The first-order valence-corrected chi connectivity index (χ1v) is 3.61. The normalized spacial score (nSPS) is 12.1. The number of allylic oxidation sites excluding steroid dienone is 2. The van der Waals surface area contributed by atoms with Gasteiger partial charge in [-0.25, -0.2) is 0 Å². The number of hydrogen-bond acceptors (Lipinski definition) is 0. The highest BCUT2D eigenvalue weighted by Gasteiger charge is 1.80. The molecule has 0 radical (unpaired) electrons. The van der Waals surface area contributed by atoms with E-state index in [1.807, 2.05) is 0 Å². The summed E-state index contributed by atoms with van der Waals surface area (Å²) >= 11 is 3.35. The van der Waals surface area contributed by atoms with Gasteiger partial charge in [-0.05, 0) is 20.3 Å². The molecule has 0 aromatic rings. The number of alkyl halides is 1. The molecular weight excluding hydrogens is 152 g/mol. The molecule has 0 aliphatic heterocycles. The third-order valence-electron chi connectivity index (χ3n) is 0.982. The van der Waals surface area contributed by atoms with Crippen molar-refractivity contribution in [2.45, 2.75) is 20.3 Å². The largest absolute Gasteiger partial charge is 0.0925 e. The van der Waals surface area contributed by atoms with Crippen molar-refractivity contribution in [3.05, 3.63) is 11.6 Å². The molecule has 42 valence electrons. The van der Waals surface area contributed by atoms with Crippen molar-refractivity contribution in [3.63, 3.8) is 0 Å². The summed E-state index contributed by atoms with van der Waals surface area (Å²) in [4.78, 5) is 0. The molecule has 0 atom stereocenters. The molecule has 0 aliphatic carbocycles. The van der Waals surface area contributed by atoms with Gasteiger partial charge in [0, 0.05) is 5.33 Å². The van der Waals surface area contributed by atoms with Gasteiger partial charge < -0.3 is 0 Å². The summed E-state index contributed by atoms with van der Waals surface area (Å²) in [6, 6.07) is 0. The highest BCUT2D eigenvalue weighted by Crippen LogP contribution is 2.00. The van der Waals surface area contributed by atoms with Crippen LogP contribution in [0.15, 0.2) is 11.6 Å². The summed E-state index contributed by atoms with van der Waals surface area (Å²) < 4.78 is 0. The Balaban J connectivity index is 3.17. The Hall–Kier alpha value is 0.220. The van der Waals surface area contributed by atoms with Gasteiger partial charge in [-0.1, -0.05) is 27.6 Å². The number of rotatable bonds is 2. The Morgan fingerprint density at radius 1 is 1.71 bits per heavy atom. The fourth-order valence-corrected chi connectivity index (χ4v) is 0.919. The average Bonchev–Trinajstić information content (AvgIpc) is 1.68. The van der Waals surface area contributed by atoms with Crippen molar-refractivity contribution in [2.75, 3.05) is 5.33 Å². The van der Waals surface area contributed by atoms with Gasteiger partial charge in [0.25, 0.3) is 0 Å². The molecule has 0 fully saturated rings. The number of hydrogen-bond donors (Lipinski definition) is 0. The van der Waals surface area contributed by atoms with E-state index in [1.165, 1.54) is 12.0 Å². The summed E-state index contributed by atoms with van der Waals surface area (Å²) in [5, 5.41) is 1.09. The minimum absolute atomic E-state index is 1.09. The van der Waals surface area contributed by atoms with E-state index in [0.717, 1.165) is 5.33 Å². The lowest BCUT2D eigenvalue weighted by Gasteiger charge is -1.89. The molecule has 0 aliphatic rings. The van der Waals surface area contributed by atoms with Gasteiger partial charge in [-0.15, -0.1) is 0 Å². The van der Waals surface area contributed by atoms with E-state index in [9.17, 15) is 0 Å². The lowest BCUT2D eigenvalue weighted by atomic mass is 10.2. The minimum atomic E-state index is 1.09. The highest BCUT2D eigenvalue weighted by molar-refractivity contribution is 9.09. The molecule has 0 heterocycles. The first-order chi connectivity index (χ1) is 3.31. The van der Waals surface area contributed by atoms with Crippen LogP contribution in [-0.2, 0) is 0 Å². The second kappa shape index (κ2) is 4.38. The molecule has 0 nitrogen and oxygen atoms in total. The van der Waals surface area contributed by atoms with Gasteiger partial charge in [0.2, 0.25) is 0 Å². The van der Waals surface area contributed by atoms with Gasteiger partial charge >= 0.3 is 0 Å². The second-order valence-electron chi connectivity index (χ2n) is 1.57. The van der Waals surface area contributed by atoms with Crippen LogP contribution < -0.4 is 0 Å². The monoisotopic (exact) mass is 162 g/mol. The van der Waals surface area contributed by atoms with Crippen LogP contribution in [0.2, 0.25) is 0 Å². The molecule has 1 heteroatoms. The van der Waals surface area contributed by atoms with Crippen molar-refractivity contribution in [1.82, 2.24) is 0 Å². The van der Waals surface area contributed by atoms with Crippen LogP contribution in [-0.4, -0.2) is 5.33 Å². The van der Waals surface area contributed by atoms with E-state index in [-0.39, 0.29) is 0 Å². The highest BCUT2D eigenvalue weighted by atomic mass is 79.9. The molecule has 0 aromatic carbocycles. The predicted molar refractivity (Wildman–Crippen MR) is 37.8 cm³/mol. The molecule has 0 N–H and O–H groups in total. The first kappa shape index (κ1) is 7.22. The van der Waals surface area contributed by atoms with Gasteiger partial charge in [0.15, 0.2) is 0 Å². The summed E-state index contributed by atoms with van der Waals surface area (Å²) in [5.74, 6) is 0. The van der Waals surface area contributed by atoms with Gasteiger partial charge in [0.1, 0.15) is 0 Å². The molecule has 7 heavy (non-hydrogen) atoms. The van der Waals surface area contributed by atoms with E-state index in [0.29, 0.717) is 0 Å². The van der Waals surface area contributed by atoms with Crippen LogP contribution in [0.1, 0.15) is 20.3 Å². The Morgan fingerprint density at radius 2 is 2.29 bits per heavy atom. The van der Waals surface area contributed by atoms with E-state index in [1.54, 1.807) is 0 Å². The van der Waals surface area contributed by atoms with Crippen LogP contribution in [0.5, 0.6) is 0 Å². The Morgan fingerprint density at radius 3 is 2.43 bits per heavy atom. The standard InChI is InChI=1S/C6H11Br/c1-3-6(2)4-5-7/h3H,4-5H2,1-2H3/b6-3-. The molecule has 0 rings (SSSR count). The maximum absolute atomic E-state index is 3.35. The van der Waals surface area contributed by atoms with Gasteiger partial charge in [-0.2, -0.15) is 0 Å². The lowest BCUT2D eigenvalue weighted by molar-refractivity contribution is 1.12. The smallest absolute Gasteiger partial charge is 0.00684 e. The Kier molecular flexibility index (Phi) is 4.52. The quantitative estimate of drug-likeness (QED) is 0.433. The fourth-order valence-electron chi connectivity index (χ4n) is 0.293. The van der Waals surface area contributed by atoms with Crippen molar-refractivity contribution < 1.29 is 0 Å². The lowest BCUT2D eigenvalue weighted by Crippen LogP contribution is -1.74. The first-order valence-electron chi connectivity index (χ1n) is 2.49. The summed E-state index contributed by atoms with van der Waals surface area (Å²) in [7, 11) is 0. The zero-order valence-electron chi connectivity index (χ0n) is 4.87. The average molecular weight is 163 g/mol. The third kappa shape index (κ3) is 4.07.